The molecule has 0 atom stereocenters. The second-order valence-corrected chi connectivity index (χ2v) is 10.6. The summed E-state index contributed by atoms with van der Waals surface area (Å²) in [5, 5.41) is 15.7. The Morgan fingerprint density at radius 1 is 1.17 bits per heavy atom. The van der Waals surface area contributed by atoms with Crippen LogP contribution in [0.5, 0.6) is 11.5 Å². The first-order valence-corrected chi connectivity index (χ1v) is 13.4. The number of rotatable bonds is 9. The number of benzene rings is 3. The smallest absolute Gasteiger partial charge is 0.281 e. The molecule has 0 bridgehead atoms. The molecule has 8 nitrogen and oxygen atoms in total. The number of fused-ring (bicyclic) bond motifs is 1. The fourth-order valence-corrected chi connectivity index (χ4v) is 5.26. The number of amides is 1. The van der Waals surface area contributed by atoms with Crippen molar-refractivity contribution in [3.8, 4) is 11.5 Å². The third-order valence-corrected chi connectivity index (χ3v) is 7.39. The van der Waals surface area contributed by atoms with Crippen LogP contribution in [-0.4, -0.2) is 23.7 Å². The van der Waals surface area contributed by atoms with Gasteiger partial charge in [-0.25, -0.2) is 5.43 Å². The second kappa shape index (κ2) is 11.8. The summed E-state index contributed by atoms with van der Waals surface area (Å²) in [7, 11) is 0. The van der Waals surface area contributed by atoms with Gasteiger partial charge in [0.25, 0.3) is 11.6 Å². The van der Waals surface area contributed by atoms with Crippen LogP contribution in [0.2, 0.25) is 0 Å². The average Bonchev–Trinajstić information content (AvgIpc) is 3.28. The molecular formula is C25H19BrIN3O5S. The van der Waals surface area contributed by atoms with Gasteiger partial charge < -0.3 is 9.47 Å². The minimum absolute atomic E-state index is 0.0192. The van der Waals surface area contributed by atoms with Crippen LogP contribution in [0.4, 0.5) is 5.69 Å². The van der Waals surface area contributed by atoms with Crippen LogP contribution in [0, 0.1) is 13.7 Å². The van der Waals surface area contributed by atoms with E-state index in [9.17, 15) is 14.9 Å². The molecular weight excluding hydrogens is 661 g/mol. The minimum Gasteiger partial charge on any atom is -0.490 e. The Labute approximate surface area is 232 Å². The van der Waals surface area contributed by atoms with E-state index in [0.29, 0.717) is 35.0 Å². The lowest BCUT2D eigenvalue weighted by molar-refractivity contribution is -0.384. The summed E-state index contributed by atoms with van der Waals surface area (Å²) < 4.78 is 14.5. The van der Waals surface area contributed by atoms with Crippen molar-refractivity contribution < 1.29 is 19.2 Å². The molecule has 0 aliphatic carbocycles. The van der Waals surface area contributed by atoms with Gasteiger partial charge in [0.2, 0.25) is 0 Å². The molecule has 0 unspecified atom stereocenters. The summed E-state index contributed by atoms with van der Waals surface area (Å²) in [5.74, 6) is 0.825. The highest BCUT2D eigenvalue weighted by molar-refractivity contribution is 14.1. The highest BCUT2D eigenvalue weighted by atomic mass is 127. The number of ether oxygens (including phenoxy) is 2. The number of non-ortho nitro benzene ring substituents is 1. The SMILES string of the molecule is CCOc1cc(/C=N\NC(=O)c2cc3cc([N+](=O)[O-])ccc3s2)cc(I)c1OCc1ccc(Br)cc1. The van der Waals surface area contributed by atoms with Gasteiger partial charge in [0.05, 0.1) is 26.2 Å². The van der Waals surface area contributed by atoms with E-state index in [2.05, 4.69) is 49.0 Å². The zero-order chi connectivity index (χ0) is 25.7. The average molecular weight is 680 g/mol. The van der Waals surface area contributed by atoms with Crippen molar-refractivity contribution in [1.82, 2.24) is 5.43 Å². The van der Waals surface area contributed by atoms with Crippen LogP contribution in [0.15, 0.2) is 70.2 Å². The van der Waals surface area contributed by atoms with E-state index in [-0.39, 0.29) is 5.69 Å². The molecule has 1 amide bonds. The summed E-state index contributed by atoms with van der Waals surface area (Å²) in [5.41, 5.74) is 4.25. The fraction of sp³-hybridized carbons (Fsp3) is 0.120. The lowest BCUT2D eigenvalue weighted by Crippen LogP contribution is -2.16. The molecule has 0 saturated carbocycles. The molecule has 11 heteroatoms. The topological polar surface area (TPSA) is 103 Å². The summed E-state index contributed by atoms with van der Waals surface area (Å²) in [6, 6.07) is 17.7. The maximum atomic E-state index is 12.6. The van der Waals surface area contributed by atoms with Gasteiger partial charge in [-0.15, -0.1) is 11.3 Å². The molecule has 1 aromatic heterocycles. The van der Waals surface area contributed by atoms with Crippen LogP contribution in [0.25, 0.3) is 10.1 Å². The molecule has 36 heavy (non-hydrogen) atoms. The Kier molecular flexibility index (Phi) is 8.54. The van der Waals surface area contributed by atoms with Crippen molar-refractivity contribution in [1.29, 1.82) is 0 Å². The Morgan fingerprint density at radius 3 is 2.67 bits per heavy atom. The molecule has 0 radical (unpaired) electrons. The van der Waals surface area contributed by atoms with Crippen LogP contribution >= 0.6 is 49.9 Å². The summed E-state index contributed by atoms with van der Waals surface area (Å²) in [6.45, 7) is 2.75. The van der Waals surface area contributed by atoms with Crippen molar-refractivity contribution >= 4 is 77.8 Å². The van der Waals surface area contributed by atoms with Crippen LogP contribution < -0.4 is 14.9 Å². The zero-order valence-electron chi connectivity index (χ0n) is 18.9. The number of hydrogen-bond acceptors (Lipinski definition) is 7. The number of hydrogen-bond donors (Lipinski definition) is 1. The second-order valence-electron chi connectivity index (χ2n) is 7.47. The first-order chi connectivity index (χ1) is 17.3. The molecule has 0 aliphatic rings. The maximum absolute atomic E-state index is 12.6. The van der Waals surface area contributed by atoms with Gasteiger partial charge in [-0.05, 0) is 77.0 Å². The van der Waals surface area contributed by atoms with E-state index >= 15 is 0 Å². The number of carbonyl (C=O) groups excluding carboxylic acids is 1. The van der Waals surface area contributed by atoms with Crippen LogP contribution in [0.3, 0.4) is 0 Å². The molecule has 1 N–H and O–H groups in total. The molecule has 4 aromatic rings. The van der Waals surface area contributed by atoms with Gasteiger partial charge in [0.15, 0.2) is 11.5 Å². The Bertz CT molecular complexity index is 1460. The number of nitro groups is 1. The standard InChI is InChI=1S/C25H19BrIN3O5S/c1-2-34-21-10-16(9-20(27)24(21)35-14-15-3-5-18(26)6-4-15)13-28-29-25(31)23-12-17-11-19(30(32)33)7-8-22(17)36-23/h3-13H,2,14H2,1H3,(H,29,31)/b28-13-. The fourth-order valence-electron chi connectivity index (χ4n) is 3.28. The van der Waals surface area contributed by atoms with E-state index in [4.69, 9.17) is 9.47 Å². The van der Waals surface area contributed by atoms with Gasteiger partial charge in [0, 0.05) is 26.7 Å². The van der Waals surface area contributed by atoms with E-state index in [1.54, 1.807) is 18.2 Å². The molecule has 184 valence electrons. The number of thiophene rings is 1. The summed E-state index contributed by atoms with van der Waals surface area (Å²) in [6.07, 6.45) is 1.53. The van der Waals surface area contributed by atoms with Gasteiger partial charge in [0.1, 0.15) is 6.61 Å². The first kappa shape index (κ1) is 26.0. The van der Waals surface area contributed by atoms with Crippen molar-refractivity contribution in [2.24, 2.45) is 5.10 Å². The highest BCUT2D eigenvalue weighted by Gasteiger charge is 2.14. The molecule has 0 saturated heterocycles. The lowest BCUT2D eigenvalue weighted by atomic mass is 10.2. The number of halogens is 2. The largest absolute Gasteiger partial charge is 0.490 e. The number of nitrogens with one attached hydrogen (secondary N) is 1. The molecule has 0 spiro atoms. The van der Waals surface area contributed by atoms with E-state index in [1.807, 2.05) is 37.3 Å². The number of carbonyl (C=O) groups is 1. The van der Waals surface area contributed by atoms with E-state index < -0.39 is 10.8 Å². The predicted molar refractivity (Wildman–Crippen MR) is 152 cm³/mol. The van der Waals surface area contributed by atoms with E-state index in [1.165, 1.54) is 29.7 Å². The third-order valence-electron chi connectivity index (χ3n) is 4.94. The monoisotopic (exact) mass is 679 g/mol. The molecule has 1 heterocycles. The molecule has 0 aliphatic heterocycles. The van der Waals surface area contributed by atoms with Crippen molar-refractivity contribution in [2.45, 2.75) is 13.5 Å². The molecule has 0 fully saturated rings. The Balaban J connectivity index is 1.46. The highest BCUT2D eigenvalue weighted by Crippen LogP contribution is 2.35. The normalized spacial score (nSPS) is 11.1. The number of nitrogens with zero attached hydrogens (tertiary/aromatic N) is 2. The zero-order valence-corrected chi connectivity index (χ0v) is 23.4. The van der Waals surface area contributed by atoms with Gasteiger partial charge in [-0.2, -0.15) is 5.10 Å². The van der Waals surface area contributed by atoms with Crippen molar-refractivity contribution in [3.63, 3.8) is 0 Å². The maximum Gasteiger partial charge on any atom is 0.281 e. The summed E-state index contributed by atoms with van der Waals surface area (Å²) >= 11 is 6.85. The number of hydrazone groups is 1. The minimum atomic E-state index is -0.462. The van der Waals surface area contributed by atoms with Crippen molar-refractivity contribution in [3.05, 3.63) is 94.8 Å². The predicted octanol–water partition coefficient (Wildman–Crippen LogP) is 6.92. The van der Waals surface area contributed by atoms with Gasteiger partial charge >= 0.3 is 0 Å². The Morgan fingerprint density at radius 2 is 1.94 bits per heavy atom. The van der Waals surface area contributed by atoms with Crippen LogP contribution in [-0.2, 0) is 6.61 Å². The molecule has 4 rings (SSSR count). The Hall–Kier alpha value is -3.03. The first-order valence-electron chi connectivity index (χ1n) is 10.7. The van der Waals surface area contributed by atoms with Crippen molar-refractivity contribution in [2.75, 3.05) is 6.61 Å². The van der Waals surface area contributed by atoms with Crippen LogP contribution in [0.1, 0.15) is 27.7 Å². The van der Waals surface area contributed by atoms with Gasteiger partial charge in [-0.3, -0.25) is 14.9 Å². The summed E-state index contributed by atoms with van der Waals surface area (Å²) in [4.78, 5) is 23.5. The quantitative estimate of drug-likeness (QED) is 0.0896. The van der Waals surface area contributed by atoms with E-state index in [0.717, 1.165) is 23.9 Å². The molecule has 3 aromatic carbocycles. The van der Waals surface area contributed by atoms with Gasteiger partial charge in [-0.1, -0.05) is 28.1 Å². The third kappa shape index (κ3) is 6.39. The number of nitro benzene ring substituents is 1. The lowest BCUT2D eigenvalue weighted by Gasteiger charge is -2.15.